The minimum Gasteiger partial charge on any atom is -0.395 e. The number of rotatable bonds is 7. The predicted molar refractivity (Wildman–Crippen MR) is 76.7 cm³/mol. The molecule has 0 spiro atoms. The maximum absolute atomic E-state index is 9.32. The van der Waals surface area contributed by atoms with Crippen LogP contribution in [0.2, 0.25) is 0 Å². The molecule has 4 heteroatoms. The summed E-state index contributed by atoms with van der Waals surface area (Å²) in [6.45, 7) is 14.5. The molecule has 0 aliphatic heterocycles. The largest absolute Gasteiger partial charge is 0.395 e. The van der Waals surface area contributed by atoms with Gasteiger partial charge < -0.3 is 20.8 Å². The third-order valence-electron chi connectivity index (χ3n) is 3.36. The lowest BCUT2D eigenvalue weighted by atomic mass is 9.87. The first-order valence-electron chi connectivity index (χ1n) is 6.81. The molecule has 4 nitrogen and oxygen atoms in total. The number of nitrogens with one attached hydrogen (secondary N) is 2. The summed E-state index contributed by atoms with van der Waals surface area (Å²) in [5.41, 5.74) is 0.102. The van der Waals surface area contributed by atoms with E-state index in [4.69, 9.17) is 0 Å². The minimum atomic E-state index is 0.0508. The molecule has 0 aliphatic rings. The normalized spacial score (nSPS) is 16.7. The third kappa shape index (κ3) is 6.69. The molecule has 0 heterocycles. The molecule has 18 heavy (non-hydrogen) atoms. The molecule has 110 valence electrons. The molecule has 0 radical (unpaired) electrons. The molecule has 4 N–H and O–H groups in total. The molecule has 0 bridgehead atoms. The molecule has 0 aromatic carbocycles. The van der Waals surface area contributed by atoms with Gasteiger partial charge in [0.25, 0.3) is 0 Å². The summed E-state index contributed by atoms with van der Waals surface area (Å²) < 4.78 is 0. The van der Waals surface area contributed by atoms with Crippen LogP contribution in [-0.4, -0.2) is 48.6 Å². The summed E-state index contributed by atoms with van der Waals surface area (Å²) in [6, 6.07) is 0.197. The fourth-order valence-corrected chi connectivity index (χ4v) is 1.78. The van der Waals surface area contributed by atoms with Crippen LogP contribution in [0.15, 0.2) is 0 Å². The zero-order valence-corrected chi connectivity index (χ0v) is 12.9. The van der Waals surface area contributed by atoms with Crippen LogP contribution in [0.25, 0.3) is 0 Å². The highest BCUT2D eigenvalue weighted by Gasteiger charge is 2.24. The Morgan fingerprint density at radius 3 is 1.17 bits per heavy atom. The van der Waals surface area contributed by atoms with Crippen molar-refractivity contribution in [1.29, 1.82) is 0 Å². The topological polar surface area (TPSA) is 64.5 Å². The third-order valence-corrected chi connectivity index (χ3v) is 3.36. The summed E-state index contributed by atoms with van der Waals surface area (Å²) in [5, 5.41) is 25.3. The van der Waals surface area contributed by atoms with E-state index in [1.54, 1.807) is 0 Å². The quantitative estimate of drug-likeness (QED) is 0.515. The Hall–Kier alpha value is -0.160. The van der Waals surface area contributed by atoms with Crippen molar-refractivity contribution in [3.8, 4) is 0 Å². The highest BCUT2D eigenvalue weighted by Crippen LogP contribution is 2.19. The van der Waals surface area contributed by atoms with Crippen molar-refractivity contribution in [1.82, 2.24) is 10.6 Å². The van der Waals surface area contributed by atoms with Gasteiger partial charge in [0.1, 0.15) is 0 Å². The highest BCUT2D eigenvalue weighted by molar-refractivity contribution is 4.82. The van der Waals surface area contributed by atoms with Crippen molar-refractivity contribution >= 4 is 0 Å². The lowest BCUT2D eigenvalue weighted by Crippen LogP contribution is -2.49. The average Bonchev–Trinajstić information content (AvgIpc) is 2.19. The number of hydrogen-bond donors (Lipinski definition) is 4. The lowest BCUT2D eigenvalue weighted by Gasteiger charge is -2.32. The maximum atomic E-state index is 9.32. The zero-order chi connectivity index (χ0) is 14.4. The summed E-state index contributed by atoms with van der Waals surface area (Å²) in [7, 11) is 0. The van der Waals surface area contributed by atoms with Gasteiger partial charge in [0.15, 0.2) is 0 Å². The molecule has 0 aliphatic carbocycles. The molecule has 0 fully saturated rings. The van der Waals surface area contributed by atoms with Gasteiger partial charge in [-0.1, -0.05) is 41.5 Å². The van der Waals surface area contributed by atoms with E-state index in [1.807, 2.05) is 0 Å². The minimum absolute atomic E-state index is 0.0508. The van der Waals surface area contributed by atoms with Crippen LogP contribution in [-0.2, 0) is 0 Å². The van der Waals surface area contributed by atoms with Gasteiger partial charge in [-0.25, -0.2) is 0 Å². The van der Waals surface area contributed by atoms with E-state index in [0.717, 1.165) is 13.1 Å². The maximum Gasteiger partial charge on any atom is 0.0589 e. The van der Waals surface area contributed by atoms with E-state index < -0.39 is 0 Å². The first-order valence-corrected chi connectivity index (χ1v) is 6.81. The van der Waals surface area contributed by atoms with E-state index in [0.29, 0.717) is 0 Å². The lowest BCUT2D eigenvalue weighted by molar-refractivity contribution is 0.147. The molecule has 0 aromatic rings. The first-order chi connectivity index (χ1) is 8.12. The van der Waals surface area contributed by atoms with E-state index in [-0.39, 0.29) is 36.1 Å². The van der Waals surface area contributed by atoms with Gasteiger partial charge in [-0.2, -0.15) is 0 Å². The number of aliphatic hydroxyl groups is 2. The van der Waals surface area contributed by atoms with Crippen LogP contribution in [0.3, 0.4) is 0 Å². The SMILES string of the molecule is CC(C)(C)[C@@H](CO)NCCN[C@H](CO)C(C)(C)C. The summed E-state index contributed by atoms with van der Waals surface area (Å²) >= 11 is 0. The smallest absolute Gasteiger partial charge is 0.0589 e. The van der Waals surface area contributed by atoms with Crippen LogP contribution in [0.5, 0.6) is 0 Å². The van der Waals surface area contributed by atoms with Crippen molar-refractivity contribution in [2.24, 2.45) is 10.8 Å². The monoisotopic (exact) mass is 260 g/mol. The fourth-order valence-electron chi connectivity index (χ4n) is 1.78. The molecule has 0 unspecified atom stereocenters. The van der Waals surface area contributed by atoms with Gasteiger partial charge in [0, 0.05) is 25.2 Å². The van der Waals surface area contributed by atoms with Crippen molar-refractivity contribution in [3.63, 3.8) is 0 Å². The second-order valence-corrected chi connectivity index (χ2v) is 7.11. The number of hydrogen-bond acceptors (Lipinski definition) is 4. The molecule has 0 saturated carbocycles. The summed E-state index contributed by atoms with van der Waals surface area (Å²) in [4.78, 5) is 0. The van der Waals surface area contributed by atoms with Crippen molar-refractivity contribution in [3.05, 3.63) is 0 Å². The second-order valence-electron chi connectivity index (χ2n) is 7.11. The molecule has 0 rings (SSSR count). The molecular formula is C14H32N2O2. The predicted octanol–water partition coefficient (Wildman–Crippen LogP) is 0.980. The Morgan fingerprint density at radius 2 is 1.00 bits per heavy atom. The van der Waals surface area contributed by atoms with Crippen molar-refractivity contribution in [2.45, 2.75) is 53.6 Å². The number of aliphatic hydroxyl groups excluding tert-OH is 2. The second kappa shape index (κ2) is 7.43. The highest BCUT2D eigenvalue weighted by atomic mass is 16.3. The van der Waals surface area contributed by atoms with Crippen LogP contribution in [0, 0.1) is 10.8 Å². The van der Waals surface area contributed by atoms with Crippen molar-refractivity contribution < 1.29 is 10.2 Å². The fraction of sp³-hybridized carbons (Fsp3) is 1.00. The van der Waals surface area contributed by atoms with E-state index in [9.17, 15) is 10.2 Å². The molecular weight excluding hydrogens is 228 g/mol. The van der Waals surface area contributed by atoms with Crippen LogP contribution in [0.4, 0.5) is 0 Å². The van der Waals surface area contributed by atoms with Crippen LogP contribution < -0.4 is 10.6 Å². The van der Waals surface area contributed by atoms with Gasteiger partial charge in [-0.3, -0.25) is 0 Å². The first kappa shape index (κ1) is 17.8. The van der Waals surface area contributed by atoms with Gasteiger partial charge in [-0.15, -0.1) is 0 Å². The zero-order valence-electron chi connectivity index (χ0n) is 12.9. The Bertz CT molecular complexity index is 195. The Morgan fingerprint density at radius 1 is 0.722 bits per heavy atom. The molecule has 2 atom stereocenters. The summed E-state index contributed by atoms with van der Waals surface area (Å²) in [6.07, 6.45) is 0. The summed E-state index contributed by atoms with van der Waals surface area (Å²) in [5.74, 6) is 0. The van der Waals surface area contributed by atoms with Gasteiger partial charge >= 0.3 is 0 Å². The van der Waals surface area contributed by atoms with Crippen LogP contribution >= 0.6 is 0 Å². The Balaban J connectivity index is 3.98. The standard InChI is InChI=1S/C14H32N2O2/c1-13(2,3)11(9-17)15-7-8-16-12(10-18)14(4,5)6/h11-12,15-18H,7-10H2,1-6H3/t11-,12-/m1/s1. The van der Waals surface area contributed by atoms with Crippen molar-refractivity contribution in [2.75, 3.05) is 26.3 Å². The van der Waals surface area contributed by atoms with Gasteiger partial charge in [-0.05, 0) is 10.8 Å². The van der Waals surface area contributed by atoms with Crippen LogP contribution in [0.1, 0.15) is 41.5 Å². The molecule has 0 saturated heterocycles. The average molecular weight is 260 g/mol. The van der Waals surface area contributed by atoms with E-state index >= 15 is 0 Å². The Kier molecular flexibility index (Phi) is 7.37. The molecule has 0 amide bonds. The van der Waals surface area contributed by atoms with Gasteiger partial charge in [0.2, 0.25) is 0 Å². The van der Waals surface area contributed by atoms with Gasteiger partial charge in [0.05, 0.1) is 13.2 Å². The Labute approximate surface area is 112 Å². The molecule has 0 aromatic heterocycles. The van der Waals surface area contributed by atoms with E-state index in [1.165, 1.54) is 0 Å². The van der Waals surface area contributed by atoms with E-state index in [2.05, 4.69) is 52.2 Å².